The highest BCUT2D eigenvalue weighted by Crippen LogP contribution is 2.38. The lowest BCUT2D eigenvalue weighted by molar-refractivity contribution is -0.116. The van der Waals surface area contributed by atoms with Crippen molar-refractivity contribution in [1.29, 1.82) is 0 Å². The van der Waals surface area contributed by atoms with Crippen LogP contribution in [0.3, 0.4) is 0 Å². The molecule has 0 saturated heterocycles. The molecule has 33 heavy (non-hydrogen) atoms. The van der Waals surface area contributed by atoms with Crippen LogP contribution in [-0.2, 0) is 11.2 Å². The molecule has 1 aliphatic heterocycles. The second-order valence-corrected chi connectivity index (χ2v) is 7.74. The van der Waals surface area contributed by atoms with Crippen LogP contribution in [-0.4, -0.2) is 35.9 Å². The molecule has 2 heterocycles. The summed E-state index contributed by atoms with van der Waals surface area (Å²) in [5, 5.41) is 12.1. The Hall–Kier alpha value is -3.85. The number of halogens is 1. The summed E-state index contributed by atoms with van der Waals surface area (Å²) < 4.78 is 5.48. The van der Waals surface area contributed by atoms with Gasteiger partial charge in [-0.3, -0.25) is 9.59 Å². The molecule has 0 atom stereocenters. The molecule has 0 saturated carbocycles. The van der Waals surface area contributed by atoms with Crippen LogP contribution in [0, 0.1) is 0 Å². The third-order valence-electron chi connectivity index (χ3n) is 5.23. The Kier molecular flexibility index (Phi) is 6.60. The van der Waals surface area contributed by atoms with Crippen LogP contribution in [0.1, 0.15) is 28.8 Å². The minimum absolute atomic E-state index is 0.0600. The highest BCUT2D eigenvalue weighted by molar-refractivity contribution is 6.33. The monoisotopic (exact) mass is 466 g/mol. The maximum absolute atomic E-state index is 12.2. The second kappa shape index (κ2) is 9.74. The van der Waals surface area contributed by atoms with Crippen LogP contribution >= 0.6 is 11.6 Å². The zero-order valence-electron chi connectivity index (χ0n) is 18.2. The van der Waals surface area contributed by atoms with Gasteiger partial charge in [-0.05, 0) is 37.1 Å². The first-order valence-electron chi connectivity index (χ1n) is 10.4. The van der Waals surface area contributed by atoms with Gasteiger partial charge in [0.1, 0.15) is 10.8 Å². The number of hydrogen-bond donors (Lipinski definition) is 4. The highest BCUT2D eigenvalue weighted by atomic mass is 35.5. The minimum Gasteiger partial charge on any atom is -0.496 e. The number of carbonyl (C=O) groups excluding carboxylic acids is 2. The van der Waals surface area contributed by atoms with E-state index in [1.165, 1.54) is 6.20 Å². The smallest absolute Gasteiger partial charge is 0.253 e. The zero-order chi connectivity index (χ0) is 23.4. The Balaban J connectivity index is 1.66. The van der Waals surface area contributed by atoms with Gasteiger partial charge in [-0.2, -0.15) is 4.98 Å². The molecular weight excluding hydrogens is 444 g/mol. The van der Waals surface area contributed by atoms with E-state index >= 15 is 0 Å². The van der Waals surface area contributed by atoms with Crippen LogP contribution in [0.5, 0.6) is 5.75 Å². The SMILES string of the molecule is CNC(=O)c1ccccc1Nc1nc(Nc2ccc(OC)c3c2NC(=O)CCC3)ncc1Cl. The van der Waals surface area contributed by atoms with E-state index in [1.54, 1.807) is 44.5 Å². The first-order chi connectivity index (χ1) is 16.0. The van der Waals surface area contributed by atoms with Gasteiger partial charge in [0.15, 0.2) is 5.82 Å². The van der Waals surface area contributed by atoms with Gasteiger partial charge in [0.2, 0.25) is 11.9 Å². The predicted molar refractivity (Wildman–Crippen MR) is 128 cm³/mol. The van der Waals surface area contributed by atoms with Crippen molar-refractivity contribution in [2.24, 2.45) is 0 Å². The number of methoxy groups -OCH3 is 1. The Morgan fingerprint density at radius 1 is 1.12 bits per heavy atom. The Bertz CT molecular complexity index is 1220. The molecule has 2 amide bonds. The third kappa shape index (κ3) is 4.83. The molecule has 4 N–H and O–H groups in total. The maximum Gasteiger partial charge on any atom is 0.253 e. The lowest BCUT2D eigenvalue weighted by Crippen LogP contribution is -2.19. The molecule has 9 nitrogen and oxygen atoms in total. The topological polar surface area (TPSA) is 117 Å². The van der Waals surface area contributed by atoms with Gasteiger partial charge in [0, 0.05) is 19.0 Å². The minimum atomic E-state index is -0.238. The molecule has 0 bridgehead atoms. The van der Waals surface area contributed by atoms with Crippen molar-refractivity contribution in [1.82, 2.24) is 15.3 Å². The first-order valence-corrected chi connectivity index (χ1v) is 10.8. The Labute approximate surface area is 195 Å². The van der Waals surface area contributed by atoms with Gasteiger partial charge >= 0.3 is 0 Å². The van der Waals surface area contributed by atoms with Crippen molar-refractivity contribution in [2.45, 2.75) is 19.3 Å². The van der Waals surface area contributed by atoms with Gasteiger partial charge in [-0.25, -0.2) is 4.98 Å². The fraction of sp³-hybridized carbons (Fsp3) is 0.217. The van der Waals surface area contributed by atoms with Gasteiger partial charge in [0.05, 0.1) is 35.9 Å². The normalized spacial score (nSPS) is 12.8. The summed E-state index contributed by atoms with van der Waals surface area (Å²) in [5.41, 5.74) is 3.21. The van der Waals surface area contributed by atoms with Crippen LogP contribution in [0.2, 0.25) is 5.02 Å². The summed E-state index contributed by atoms with van der Waals surface area (Å²) in [7, 11) is 3.17. The number of amides is 2. The second-order valence-electron chi connectivity index (χ2n) is 7.34. The van der Waals surface area contributed by atoms with Gasteiger partial charge in [0.25, 0.3) is 5.91 Å². The van der Waals surface area contributed by atoms with Gasteiger partial charge < -0.3 is 26.0 Å². The molecule has 10 heteroatoms. The molecule has 0 fully saturated rings. The third-order valence-corrected chi connectivity index (χ3v) is 5.50. The van der Waals surface area contributed by atoms with Crippen molar-refractivity contribution in [2.75, 3.05) is 30.1 Å². The van der Waals surface area contributed by atoms with Crippen molar-refractivity contribution in [3.05, 3.63) is 58.7 Å². The van der Waals surface area contributed by atoms with Gasteiger partial charge in [-0.1, -0.05) is 23.7 Å². The molecule has 0 aliphatic carbocycles. The summed E-state index contributed by atoms with van der Waals surface area (Å²) in [6.45, 7) is 0. The maximum atomic E-state index is 12.2. The number of ether oxygens (including phenoxy) is 1. The Morgan fingerprint density at radius 2 is 1.94 bits per heavy atom. The summed E-state index contributed by atoms with van der Waals surface area (Å²) in [6.07, 6.45) is 3.34. The first kappa shape index (κ1) is 22.3. The van der Waals surface area contributed by atoms with E-state index < -0.39 is 0 Å². The summed E-state index contributed by atoms with van der Waals surface area (Å²) >= 11 is 6.32. The van der Waals surface area contributed by atoms with E-state index in [0.717, 1.165) is 12.0 Å². The number of anilines is 5. The standard InChI is InChI=1S/C23H23ClN6O3/c1-25-22(32)13-6-3-4-8-16(13)27-21-15(24)12-26-23(30-21)28-17-10-11-18(33-2)14-7-5-9-19(31)29-20(14)17/h3-4,6,8,10-12H,5,7,9H2,1-2H3,(H,25,32)(H,29,31)(H2,26,27,28,30). The molecule has 0 unspecified atom stereocenters. The van der Waals surface area contributed by atoms with Crippen molar-refractivity contribution >= 4 is 52.2 Å². The van der Waals surface area contributed by atoms with E-state index in [1.807, 2.05) is 6.07 Å². The number of nitrogens with one attached hydrogen (secondary N) is 4. The summed E-state index contributed by atoms with van der Waals surface area (Å²) in [4.78, 5) is 33.1. The summed E-state index contributed by atoms with van der Waals surface area (Å²) in [5.74, 6) is 1.01. The number of aromatic nitrogens is 2. The number of fused-ring (bicyclic) bond motifs is 1. The average Bonchev–Trinajstić information content (AvgIpc) is 3.03. The van der Waals surface area contributed by atoms with Crippen LogP contribution < -0.4 is 26.0 Å². The molecule has 3 aromatic rings. The van der Waals surface area contributed by atoms with Crippen LogP contribution in [0.4, 0.5) is 28.8 Å². The van der Waals surface area contributed by atoms with Gasteiger partial charge in [-0.15, -0.1) is 0 Å². The van der Waals surface area contributed by atoms with Crippen molar-refractivity contribution < 1.29 is 14.3 Å². The van der Waals surface area contributed by atoms with Crippen LogP contribution in [0.25, 0.3) is 0 Å². The Morgan fingerprint density at radius 3 is 2.73 bits per heavy atom. The lowest BCUT2D eigenvalue weighted by atomic mass is 10.1. The van der Waals surface area contributed by atoms with E-state index in [2.05, 4.69) is 31.2 Å². The molecule has 1 aliphatic rings. The van der Waals surface area contributed by atoms with E-state index in [-0.39, 0.29) is 22.8 Å². The molecule has 0 spiro atoms. The molecule has 2 aromatic carbocycles. The van der Waals surface area contributed by atoms with Crippen molar-refractivity contribution in [3.63, 3.8) is 0 Å². The number of carbonyl (C=O) groups is 2. The van der Waals surface area contributed by atoms with Crippen molar-refractivity contribution in [3.8, 4) is 5.75 Å². The fourth-order valence-corrected chi connectivity index (χ4v) is 3.77. The number of para-hydroxylation sites is 1. The molecule has 170 valence electrons. The molecule has 1 aromatic heterocycles. The van der Waals surface area contributed by atoms with Crippen LogP contribution in [0.15, 0.2) is 42.6 Å². The molecule has 4 rings (SSSR count). The van der Waals surface area contributed by atoms with E-state index in [9.17, 15) is 9.59 Å². The quantitative estimate of drug-likeness (QED) is 0.428. The number of rotatable bonds is 6. The average molecular weight is 467 g/mol. The summed E-state index contributed by atoms with van der Waals surface area (Å²) in [6, 6.07) is 10.7. The zero-order valence-corrected chi connectivity index (χ0v) is 18.9. The molecule has 0 radical (unpaired) electrons. The largest absolute Gasteiger partial charge is 0.496 e. The number of hydrogen-bond acceptors (Lipinski definition) is 7. The predicted octanol–water partition coefficient (Wildman–Crippen LogP) is 4.26. The van der Waals surface area contributed by atoms with E-state index in [4.69, 9.17) is 16.3 Å². The highest BCUT2D eigenvalue weighted by Gasteiger charge is 2.21. The number of nitrogens with zero attached hydrogens (tertiary/aromatic N) is 2. The van der Waals surface area contributed by atoms with E-state index in [0.29, 0.717) is 47.0 Å². The lowest BCUT2D eigenvalue weighted by Gasteiger charge is -2.17. The molecular formula is C23H23ClN6O3. The number of benzene rings is 2. The fourth-order valence-electron chi connectivity index (χ4n) is 3.63.